The van der Waals surface area contributed by atoms with Crippen LogP contribution in [0.5, 0.6) is 0 Å². The highest BCUT2D eigenvalue weighted by Crippen LogP contribution is 2.41. The molecule has 5 nitrogen and oxygen atoms in total. The normalized spacial score (nSPS) is 36.7. The van der Waals surface area contributed by atoms with Crippen molar-refractivity contribution in [3.05, 3.63) is 0 Å². The molecule has 3 rings (SSSR count). The van der Waals surface area contributed by atoms with Gasteiger partial charge in [-0.3, -0.25) is 14.5 Å². The van der Waals surface area contributed by atoms with E-state index in [1.54, 1.807) is 11.9 Å². The topological polar surface area (TPSA) is 57.7 Å². The largest absolute Gasteiger partial charge is 0.327 e. The van der Waals surface area contributed by atoms with Crippen molar-refractivity contribution in [1.29, 1.82) is 0 Å². The molecule has 0 radical (unpaired) electrons. The quantitative estimate of drug-likeness (QED) is 0.530. The third-order valence-corrected chi connectivity index (χ3v) is 7.37. The molecular formula is C19H28Cl2N2O3. The number of rotatable bonds is 4. The van der Waals surface area contributed by atoms with E-state index >= 15 is 0 Å². The number of likely N-dealkylation sites (N-methyl/N-ethyl adjacent to an activating group) is 1. The number of urea groups is 1. The molecule has 0 N–H and O–H groups in total. The first-order chi connectivity index (χ1) is 12.2. The number of amides is 3. The highest BCUT2D eigenvalue weighted by Gasteiger charge is 2.56. The van der Waals surface area contributed by atoms with Gasteiger partial charge < -0.3 is 4.90 Å². The molecule has 7 heteroatoms. The predicted octanol–water partition coefficient (Wildman–Crippen LogP) is 3.80. The van der Waals surface area contributed by atoms with E-state index in [1.165, 1.54) is 6.42 Å². The smallest absolute Gasteiger partial charge is 0.313 e. The number of hydrogen-bond donors (Lipinski definition) is 0. The number of nitrogens with zero attached hydrogens (tertiary/aromatic N) is 2. The van der Waals surface area contributed by atoms with Gasteiger partial charge in [-0.1, -0.05) is 19.3 Å². The van der Waals surface area contributed by atoms with E-state index in [2.05, 4.69) is 0 Å². The summed E-state index contributed by atoms with van der Waals surface area (Å²) in [5.74, 6) is -0.456. The molecule has 146 valence electrons. The van der Waals surface area contributed by atoms with Crippen molar-refractivity contribution in [3.63, 3.8) is 0 Å². The summed E-state index contributed by atoms with van der Waals surface area (Å²) >= 11 is 12.4. The molecule has 3 fully saturated rings. The third kappa shape index (κ3) is 3.49. The standard InChI is InChI=1S/C19H28Cl2N2O3/c1-19(13-6-4-3-5-7-13)17(25)23(18(26)22(19)2)11-16(24)12-8-14(20)10-15(21)9-12/h12-15H,3-11H2,1-2H3. The van der Waals surface area contributed by atoms with Crippen LogP contribution >= 0.6 is 23.2 Å². The van der Waals surface area contributed by atoms with Crippen molar-refractivity contribution in [2.45, 2.75) is 74.6 Å². The average Bonchev–Trinajstić information content (AvgIpc) is 2.78. The van der Waals surface area contributed by atoms with Crippen molar-refractivity contribution in [3.8, 4) is 0 Å². The Balaban J connectivity index is 1.73. The fraction of sp³-hybridized carbons (Fsp3) is 0.842. The monoisotopic (exact) mass is 402 g/mol. The summed E-state index contributed by atoms with van der Waals surface area (Å²) in [6.07, 6.45) is 7.08. The minimum atomic E-state index is -0.839. The van der Waals surface area contributed by atoms with Crippen molar-refractivity contribution in [2.75, 3.05) is 13.6 Å². The van der Waals surface area contributed by atoms with Gasteiger partial charge in [0.25, 0.3) is 5.91 Å². The van der Waals surface area contributed by atoms with Gasteiger partial charge in [0, 0.05) is 23.7 Å². The number of carbonyl (C=O) groups excluding carboxylic acids is 3. The van der Waals surface area contributed by atoms with Crippen LogP contribution in [0.4, 0.5) is 4.79 Å². The lowest BCUT2D eigenvalue weighted by Crippen LogP contribution is -2.52. The van der Waals surface area contributed by atoms with Crippen molar-refractivity contribution < 1.29 is 14.4 Å². The van der Waals surface area contributed by atoms with Crippen LogP contribution in [0.1, 0.15) is 58.3 Å². The van der Waals surface area contributed by atoms with Gasteiger partial charge in [-0.15, -0.1) is 23.2 Å². The zero-order valence-electron chi connectivity index (χ0n) is 15.5. The molecule has 3 unspecified atom stereocenters. The van der Waals surface area contributed by atoms with Crippen LogP contribution in [-0.4, -0.2) is 57.4 Å². The lowest BCUT2D eigenvalue weighted by molar-refractivity contribution is -0.138. The van der Waals surface area contributed by atoms with Crippen molar-refractivity contribution in [1.82, 2.24) is 9.80 Å². The zero-order valence-corrected chi connectivity index (χ0v) is 17.1. The Morgan fingerprint density at radius 1 is 1.08 bits per heavy atom. The van der Waals surface area contributed by atoms with Gasteiger partial charge in [0.2, 0.25) is 0 Å². The number of imide groups is 1. The predicted molar refractivity (Wildman–Crippen MR) is 101 cm³/mol. The molecular weight excluding hydrogens is 375 g/mol. The molecule has 1 aliphatic heterocycles. The van der Waals surface area contributed by atoms with E-state index in [4.69, 9.17) is 23.2 Å². The molecule has 26 heavy (non-hydrogen) atoms. The second-order valence-electron chi connectivity index (χ2n) is 8.28. The molecule has 0 spiro atoms. The zero-order chi connectivity index (χ0) is 19.1. The fourth-order valence-electron chi connectivity index (χ4n) is 4.87. The Bertz CT molecular complexity index is 583. The van der Waals surface area contributed by atoms with Gasteiger partial charge in [-0.2, -0.15) is 0 Å². The number of hydrogen-bond acceptors (Lipinski definition) is 3. The lowest BCUT2D eigenvalue weighted by atomic mass is 9.75. The molecule has 0 aromatic carbocycles. The molecule has 3 atom stereocenters. The van der Waals surface area contributed by atoms with E-state index in [-0.39, 0.29) is 46.9 Å². The Morgan fingerprint density at radius 2 is 1.65 bits per heavy atom. The molecule has 0 bridgehead atoms. The molecule has 3 aliphatic rings. The third-order valence-electron chi connectivity index (χ3n) is 6.65. The first kappa shape index (κ1) is 19.9. The first-order valence-corrected chi connectivity index (χ1v) is 10.5. The fourth-order valence-corrected chi connectivity index (χ4v) is 5.82. The SMILES string of the molecule is CN1C(=O)N(CC(=O)C2CC(Cl)CC(Cl)C2)C(=O)C1(C)C1CCCCC1. The van der Waals surface area contributed by atoms with E-state index in [1.807, 2.05) is 6.92 Å². The van der Waals surface area contributed by atoms with Crippen LogP contribution < -0.4 is 0 Å². The molecule has 0 aromatic rings. The summed E-state index contributed by atoms with van der Waals surface area (Å²) < 4.78 is 0. The molecule has 2 saturated carbocycles. The van der Waals surface area contributed by atoms with Crippen LogP contribution in [0.25, 0.3) is 0 Å². The minimum absolute atomic E-state index is 0.107. The summed E-state index contributed by atoms with van der Waals surface area (Å²) in [4.78, 5) is 41.3. The van der Waals surface area contributed by atoms with Gasteiger partial charge in [-0.25, -0.2) is 4.79 Å². The summed E-state index contributed by atoms with van der Waals surface area (Å²) in [6, 6.07) is -0.364. The Labute approximate surface area is 165 Å². The molecule has 3 amide bonds. The maximum absolute atomic E-state index is 13.2. The van der Waals surface area contributed by atoms with Crippen LogP contribution in [0.15, 0.2) is 0 Å². The number of halogens is 2. The first-order valence-electron chi connectivity index (χ1n) is 9.65. The van der Waals surface area contributed by atoms with Gasteiger partial charge in [0.1, 0.15) is 5.54 Å². The molecule has 2 aliphatic carbocycles. The number of ketones is 1. The average molecular weight is 403 g/mol. The van der Waals surface area contributed by atoms with E-state index in [0.717, 1.165) is 30.6 Å². The molecule has 0 aromatic heterocycles. The highest BCUT2D eigenvalue weighted by molar-refractivity contribution is 6.24. The van der Waals surface area contributed by atoms with E-state index in [9.17, 15) is 14.4 Å². The highest BCUT2D eigenvalue weighted by atomic mass is 35.5. The molecule has 1 heterocycles. The minimum Gasteiger partial charge on any atom is -0.313 e. The summed E-state index contributed by atoms with van der Waals surface area (Å²) in [7, 11) is 1.68. The number of Topliss-reactive ketones (excluding diaryl/α,β-unsaturated/α-hetero) is 1. The number of carbonyl (C=O) groups is 3. The van der Waals surface area contributed by atoms with Gasteiger partial charge in [-0.05, 0) is 44.9 Å². The van der Waals surface area contributed by atoms with E-state index in [0.29, 0.717) is 19.3 Å². The van der Waals surface area contributed by atoms with Crippen molar-refractivity contribution in [2.24, 2.45) is 11.8 Å². The maximum atomic E-state index is 13.2. The number of alkyl halides is 2. The van der Waals surface area contributed by atoms with Crippen LogP contribution in [0.3, 0.4) is 0 Å². The van der Waals surface area contributed by atoms with Crippen molar-refractivity contribution >= 4 is 40.9 Å². The van der Waals surface area contributed by atoms with Gasteiger partial charge >= 0.3 is 6.03 Å². The van der Waals surface area contributed by atoms with Crippen LogP contribution in [0, 0.1) is 11.8 Å². The summed E-state index contributed by atoms with van der Waals surface area (Å²) in [6.45, 7) is 1.69. The Morgan fingerprint density at radius 3 is 2.23 bits per heavy atom. The van der Waals surface area contributed by atoms with Crippen LogP contribution in [0.2, 0.25) is 0 Å². The Kier molecular flexibility index (Phi) is 5.88. The second kappa shape index (κ2) is 7.67. The van der Waals surface area contributed by atoms with E-state index < -0.39 is 5.54 Å². The van der Waals surface area contributed by atoms with Gasteiger partial charge in [0.05, 0.1) is 6.54 Å². The summed E-state index contributed by atoms with van der Waals surface area (Å²) in [5.41, 5.74) is -0.839. The Hall–Kier alpha value is -0.810. The van der Waals surface area contributed by atoms with Gasteiger partial charge in [0.15, 0.2) is 5.78 Å². The second-order valence-corrected chi connectivity index (χ2v) is 9.51. The van der Waals surface area contributed by atoms with Crippen LogP contribution in [-0.2, 0) is 9.59 Å². The molecule has 1 saturated heterocycles. The maximum Gasteiger partial charge on any atom is 0.327 e. The lowest BCUT2D eigenvalue weighted by Gasteiger charge is -2.38. The summed E-state index contributed by atoms with van der Waals surface area (Å²) in [5, 5.41) is -0.249.